The zero-order chi connectivity index (χ0) is 38.2. The summed E-state index contributed by atoms with van der Waals surface area (Å²) in [5.74, 6) is 2.23. The van der Waals surface area contributed by atoms with Crippen molar-refractivity contribution in [3.63, 3.8) is 0 Å². The van der Waals surface area contributed by atoms with Gasteiger partial charge in [0.1, 0.15) is 11.5 Å². The molecule has 0 unspecified atom stereocenters. The molecule has 0 saturated carbocycles. The van der Waals surface area contributed by atoms with Gasteiger partial charge in [0.2, 0.25) is 0 Å². The van der Waals surface area contributed by atoms with Crippen molar-refractivity contribution in [3.8, 4) is 11.5 Å². The average molecular weight is 747 g/mol. The molecule has 1 atom stereocenters. The van der Waals surface area contributed by atoms with Gasteiger partial charge < -0.3 is 9.16 Å². The van der Waals surface area contributed by atoms with Gasteiger partial charge >= 0.3 is 202 Å². The van der Waals surface area contributed by atoms with E-state index in [9.17, 15) is 0 Å². The summed E-state index contributed by atoms with van der Waals surface area (Å²) in [6.07, 6.45) is 15.3. The van der Waals surface area contributed by atoms with E-state index in [1.807, 2.05) is 0 Å². The summed E-state index contributed by atoms with van der Waals surface area (Å²) in [6, 6.07) is 34.0. The van der Waals surface area contributed by atoms with E-state index in [1.54, 1.807) is 0 Å². The van der Waals surface area contributed by atoms with Gasteiger partial charge in [0, 0.05) is 5.56 Å². The maximum atomic E-state index is 6.90. The summed E-state index contributed by atoms with van der Waals surface area (Å²) in [5.41, 5.74) is 8.16. The Bertz CT molecular complexity index is 1760. The quantitative estimate of drug-likeness (QED) is 0.0685. The maximum absolute atomic E-state index is 6.90. The van der Waals surface area contributed by atoms with Crippen molar-refractivity contribution in [2.75, 3.05) is 6.16 Å². The van der Waals surface area contributed by atoms with Crippen molar-refractivity contribution in [1.29, 1.82) is 0 Å². The molecular weight excluding hydrogens is 680 g/mol. The molecule has 4 aromatic rings. The van der Waals surface area contributed by atoms with Gasteiger partial charge in [-0.15, -0.1) is 0 Å². The summed E-state index contributed by atoms with van der Waals surface area (Å²) < 4.78 is 13.6. The van der Waals surface area contributed by atoms with Crippen LogP contribution < -0.4 is 25.1 Å². The second-order valence-corrected chi connectivity index (χ2v) is 26.0. The van der Waals surface area contributed by atoms with Crippen molar-refractivity contribution >= 4 is 31.5 Å². The number of ether oxygens (including phenoxy) is 1. The zero-order valence-corrected chi connectivity index (χ0v) is 36.6. The van der Waals surface area contributed by atoms with Crippen LogP contribution in [0.25, 0.3) is 0 Å². The molecule has 1 aliphatic heterocycles. The third kappa shape index (κ3) is 9.65. The summed E-state index contributed by atoms with van der Waals surface area (Å²) in [7, 11) is -4.10. The Morgan fingerprint density at radius 3 is 1.77 bits per heavy atom. The van der Waals surface area contributed by atoms with E-state index in [1.165, 1.54) is 61.9 Å². The summed E-state index contributed by atoms with van der Waals surface area (Å²) in [6.45, 7) is 23.0. The molecule has 4 aromatic carbocycles. The number of hydrogen-bond acceptors (Lipinski definition) is 2. The third-order valence-corrected chi connectivity index (χ3v) is 21.8. The number of fused-ring (bicyclic) bond motifs is 1. The van der Waals surface area contributed by atoms with Gasteiger partial charge in [-0.05, 0) is 68.4 Å². The van der Waals surface area contributed by atoms with Crippen LogP contribution in [0.2, 0.25) is 18.1 Å². The van der Waals surface area contributed by atoms with Gasteiger partial charge in [0.15, 0.2) is 0 Å². The van der Waals surface area contributed by atoms with E-state index < -0.39 is 15.6 Å². The van der Waals surface area contributed by atoms with Crippen LogP contribution in [0.1, 0.15) is 102 Å². The van der Waals surface area contributed by atoms with Gasteiger partial charge in [-0.2, -0.15) is 0 Å². The van der Waals surface area contributed by atoms with E-state index in [0.29, 0.717) is 0 Å². The molecule has 0 N–H and O–H groups in total. The Balaban J connectivity index is 1.15. The van der Waals surface area contributed by atoms with Gasteiger partial charge in [-0.1, -0.05) is 20.8 Å². The summed E-state index contributed by atoms with van der Waals surface area (Å²) in [4.78, 5) is 0. The van der Waals surface area contributed by atoms with Gasteiger partial charge in [0.05, 0.1) is 0 Å². The molecule has 4 heteroatoms. The zero-order valence-electron chi connectivity index (χ0n) is 34.6. The van der Waals surface area contributed by atoms with E-state index in [2.05, 4.69) is 172 Å². The topological polar surface area (TPSA) is 18.5 Å². The molecule has 0 spiro atoms. The number of hydrogen-bond donors (Lipinski definition) is 0. The van der Waals surface area contributed by atoms with Crippen molar-refractivity contribution < 1.29 is 9.16 Å². The Morgan fingerprint density at radius 1 is 0.736 bits per heavy atom. The summed E-state index contributed by atoms with van der Waals surface area (Å²) in [5, 5.41) is 4.68. The molecule has 284 valence electrons. The minimum absolute atomic E-state index is 0.168. The molecule has 2 nitrogen and oxygen atoms in total. The predicted octanol–water partition coefficient (Wildman–Crippen LogP) is 12.6. The Labute approximate surface area is 324 Å². The Kier molecular flexibility index (Phi) is 13.7. The monoisotopic (exact) mass is 746 g/mol. The van der Waals surface area contributed by atoms with Gasteiger partial charge in [0.25, 0.3) is 8.32 Å². The second-order valence-electron chi connectivity index (χ2n) is 17.2. The van der Waals surface area contributed by atoms with Crippen LogP contribution in [0.5, 0.6) is 11.5 Å². The fourth-order valence-corrected chi connectivity index (χ4v) is 13.9. The molecule has 0 radical (unpaired) electrons. The molecule has 1 aliphatic rings. The average Bonchev–Trinajstić information content (AvgIpc) is 3.15. The van der Waals surface area contributed by atoms with Crippen molar-refractivity contribution in [1.82, 2.24) is 0 Å². The Hall–Kier alpha value is -3.39. The van der Waals surface area contributed by atoms with E-state index in [4.69, 9.17) is 9.16 Å². The van der Waals surface area contributed by atoms with Crippen LogP contribution in [0.15, 0.2) is 114 Å². The predicted molar refractivity (Wildman–Crippen MR) is 238 cm³/mol. The van der Waals surface area contributed by atoms with Crippen LogP contribution >= 0.6 is 7.26 Å². The normalized spacial score (nSPS) is 15.8. The van der Waals surface area contributed by atoms with E-state index in [-0.39, 0.29) is 11.1 Å². The second kappa shape index (κ2) is 17.8. The van der Waals surface area contributed by atoms with Crippen LogP contribution in [0, 0.1) is 20.8 Å². The first-order valence-corrected chi connectivity index (χ1v) is 25.3. The molecule has 53 heavy (non-hydrogen) atoms. The summed E-state index contributed by atoms with van der Waals surface area (Å²) >= 11 is 0. The van der Waals surface area contributed by atoms with Crippen LogP contribution in [0.4, 0.5) is 0 Å². The molecule has 0 aliphatic carbocycles. The molecule has 0 amide bonds. The Morgan fingerprint density at radius 2 is 1.25 bits per heavy atom. The van der Waals surface area contributed by atoms with Crippen molar-refractivity contribution in [3.05, 3.63) is 137 Å². The fourth-order valence-electron chi connectivity index (χ4n) is 7.91. The number of allylic oxidation sites excluding steroid dienone is 4. The van der Waals surface area contributed by atoms with Crippen LogP contribution in [-0.4, -0.2) is 20.6 Å². The van der Waals surface area contributed by atoms with Gasteiger partial charge in [-0.3, -0.25) is 0 Å². The number of rotatable bonds is 15. The van der Waals surface area contributed by atoms with Crippen molar-refractivity contribution in [2.45, 2.75) is 131 Å². The first-order valence-electron chi connectivity index (χ1n) is 20.2. The molecular formula is C49H67O2PSi. The first kappa shape index (κ1) is 40.8. The van der Waals surface area contributed by atoms with Crippen LogP contribution in [0.3, 0.4) is 0 Å². The van der Waals surface area contributed by atoms with E-state index >= 15 is 0 Å². The molecule has 0 aromatic heterocycles. The standard InChI is InChI=1S/C49H67O2PSi/c1-37(25-21-27-42-34-35-46-41(5)47(39(3)40(4)48(46)50-42)51-53(9,10)49(6,7)8)23-20-24-38(2)26-22-36-52(43-28-14-11-15-29-43,44-30-16-12-17-31-44)45-32-18-13-19-33-45/h11-19,24-25,28-33,42,52H,20-23,26-27,34-36H2,1-10H3/b37-25+,38-24+/t42-/m1/s1. The molecule has 0 bridgehead atoms. The minimum atomic E-state index is -2.17. The van der Waals surface area contributed by atoms with Crippen molar-refractivity contribution in [2.24, 2.45) is 0 Å². The van der Waals surface area contributed by atoms with Crippen LogP contribution in [-0.2, 0) is 6.42 Å². The number of benzene rings is 4. The molecule has 5 rings (SSSR count). The molecule has 0 fully saturated rings. The molecule has 1 heterocycles. The SMILES string of the molecule is C/C(=C\CC[C@@H]1CCc2c(C)c(O[Si](C)(C)C(C)(C)C)c(C)c(C)c2O1)CC/C=C(\C)CCC[PH](c1ccccc1)(c1ccccc1)c1ccccc1. The first-order chi connectivity index (χ1) is 25.2. The van der Waals surface area contributed by atoms with E-state index in [0.717, 1.165) is 56.4 Å². The molecule has 0 saturated heterocycles. The van der Waals surface area contributed by atoms with Gasteiger partial charge in [-0.25, -0.2) is 0 Å². The third-order valence-electron chi connectivity index (χ3n) is 12.4. The fraction of sp³-hybridized carbons (Fsp3) is 0.429.